The number of carbonyl (C=O) groups is 1. The fraction of sp³-hybridized carbons (Fsp3) is 0.385. The maximum absolute atomic E-state index is 14.4. The summed E-state index contributed by atoms with van der Waals surface area (Å²) in [7, 11) is 1.86. The number of aliphatic hydroxyl groups is 1. The summed E-state index contributed by atoms with van der Waals surface area (Å²) in [6.07, 6.45) is 4.23. The molecule has 1 saturated carbocycles. The Morgan fingerprint density at radius 2 is 2.00 bits per heavy atom. The van der Waals surface area contributed by atoms with Crippen LogP contribution in [-0.4, -0.2) is 55.4 Å². The highest BCUT2D eigenvalue weighted by atomic mass is 35.5. The topological polar surface area (TPSA) is 160 Å². The molecular weight excluding hydrogens is 513 g/mol. The fourth-order valence-corrected chi connectivity index (χ4v) is 3.89. The number of likely N-dealkylation sites (N-methyl/N-ethyl adjacent to an activating group) is 1. The van der Waals surface area contributed by atoms with Crippen LogP contribution in [0, 0.1) is 11.7 Å². The van der Waals surface area contributed by atoms with Crippen molar-refractivity contribution in [3.63, 3.8) is 0 Å². The van der Waals surface area contributed by atoms with E-state index in [4.69, 9.17) is 27.8 Å². The maximum atomic E-state index is 14.4. The van der Waals surface area contributed by atoms with Gasteiger partial charge in [0, 0.05) is 60.3 Å². The van der Waals surface area contributed by atoms with Gasteiger partial charge in [0.05, 0.1) is 12.7 Å². The number of anilines is 2. The summed E-state index contributed by atoms with van der Waals surface area (Å²) in [5, 5.41) is 21.9. The number of pyridine rings is 1. The molecule has 0 bridgehead atoms. The molecule has 0 saturated heterocycles. The number of amides is 1. The second-order valence-corrected chi connectivity index (χ2v) is 9.45. The largest absolute Gasteiger partial charge is 0.478 e. The molecule has 12 heteroatoms. The highest BCUT2D eigenvalue weighted by molar-refractivity contribution is 6.30. The summed E-state index contributed by atoms with van der Waals surface area (Å²) < 4.78 is 20.2. The summed E-state index contributed by atoms with van der Waals surface area (Å²) in [5.41, 5.74) is 13.5. The standard InChI is InChI=1S/C26H35ClFN7O3/c1-31-8-9-32-6-5-25(37)35-24-13-18(4-7-33-24)34-23(26(30)38-15-16-10-19(36)11-16)14-22(29)20-12-17(27)2-3-21(20)28/h2-4,7,12-14,16,19,31-32,36H,5-6,8-11,15,29-30H2,1H3,(H2,33,34,35,37)/b22-14-,26-23-. The number of carbonyl (C=O) groups excluding carboxylic acids is 1. The number of nitrogens with zero attached hydrogens (tertiary/aromatic N) is 1. The summed E-state index contributed by atoms with van der Waals surface area (Å²) in [5.74, 6) is -0.164. The average molecular weight is 548 g/mol. The SMILES string of the molecule is CNCCNCCC(=O)Nc1cc(NC(/C=C(\N)c2cc(Cl)ccc2F)=C(/N)OCC2CC(O)C2)ccn1. The van der Waals surface area contributed by atoms with Crippen molar-refractivity contribution in [1.29, 1.82) is 0 Å². The van der Waals surface area contributed by atoms with Crippen LogP contribution in [0.4, 0.5) is 15.9 Å². The lowest BCUT2D eigenvalue weighted by molar-refractivity contribution is -0.116. The van der Waals surface area contributed by atoms with Crippen molar-refractivity contribution in [2.75, 3.05) is 43.9 Å². The number of hydrogen-bond donors (Lipinski definition) is 7. The van der Waals surface area contributed by atoms with Gasteiger partial charge in [-0.1, -0.05) is 11.6 Å². The van der Waals surface area contributed by atoms with Gasteiger partial charge < -0.3 is 42.6 Å². The maximum Gasteiger partial charge on any atom is 0.226 e. The molecule has 1 aliphatic rings. The number of rotatable bonds is 14. The summed E-state index contributed by atoms with van der Waals surface area (Å²) in [4.78, 5) is 16.5. The number of ether oxygens (including phenoxy) is 1. The molecule has 1 heterocycles. The number of aromatic nitrogens is 1. The number of nitrogens with one attached hydrogen (secondary N) is 4. The lowest BCUT2D eigenvalue weighted by Crippen LogP contribution is -2.32. The van der Waals surface area contributed by atoms with Crippen LogP contribution in [0.3, 0.4) is 0 Å². The number of nitrogens with two attached hydrogens (primary N) is 2. The Bertz CT molecular complexity index is 1160. The first-order valence-corrected chi connectivity index (χ1v) is 12.7. The molecule has 0 radical (unpaired) electrons. The predicted octanol–water partition coefficient (Wildman–Crippen LogP) is 2.34. The molecule has 0 unspecified atom stereocenters. The molecular formula is C26H35ClFN7O3. The first kappa shape index (κ1) is 29.2. The van der Waals surface area contributed by atoms with Gasteiger partial charge >= 0.3 is 0 Å². The van der Waals surface area contributed by atoms with E-state index in [9.17, 15) is 14.3 Å². The van der Waals surface area contributed by atoms with E-state index >= 15 is 0 Å². The van der Waals surface area contributed by atoms with E-state index in [1.54, 1.807) is 12.1 Å². The normalized spacial score (nSPS) is 17.8. The van der Waals surface area contributed by atoms with Gasteiger partial charge in [0.1, 0.15) is 17.3 Å². The first-order valence-electron chi connectivity index (χ1n) is 12.4. The average Bonchev–Trinajstić information content (AvgIpc) is 2.86. The van der Waals surface area contributed by atoms with Crippen LogP contribution in [0.15, 0.2) is 54.2 Å². The second-order valence-electron chi connectivity index (χ2n) is 9.01. The van der Waals surface area contributed by atoms with Crippen molar-refractivity contribution in [2.24, 2.45) is 17.4 Å². The third-order valence-electron chi connectivity index (χ3n) is 5.88. The molecule has 10 nitrogen and oxygen atoms in total. The number of allylic oxidation sites excluding steroid dienone is 1. The van der Waals surface area contributed by atoms with Crippen LogP contribution >= 0.6 is 11.6 Å². The molecule has 1 fully saturated rings. The molecule has 206 valence electrons. The quantitative estimate of drug-likeness (QED) is 0.107. The Kier molecular flexibility index (Phi) is 11.2. The molecule has 0 aliphatic heterocycles. The van der Waals surface area contributed by atoms with Crippen LogP contribution in [0.1, 0.15) is 24.8 Å². The van der Waals surface area contributed by atoms with Crippen molar-refractivity contribution in [3.05, 3.63) is 70.6 Å². The minimum Gasteiger partial charge on any atom is -0.478 e. The third kappa shape index (κ3) is 9.18. The molecule has 2 aromatic rings. The van der Waals surface area contributed by atoms with Gasteiger partial charge in [0.25, 0.3) is 0 Å². The highest BCUT2D eigenvalue weighted by Crippen LogP contribution is 2.28. The molecule has 1 aromatic carbocycles. The minimum atomic E-state index is -0.542. The van der Waals surface area contributed by atoms with E-state index in [1.165, 1.54) is 30.5 Å². The first-order chi connectivity index (χ1) is 18.2. The molecule has 38 heavy (non-hydrogen) atoms. The van der Waals surface area contributed by atoms with Gasteiger partial charge in [0.15, 0.2) is 0 Å². The van der Waals surface area contributed by atoms with Gasteiger partial charge in [-0.15, -0.1) is 0 Å². The summed E-state index contributed by atoms with van der Waals surface area (Å²) in [6, 6.07) is 7.38. The van der Waals surface area contributed by atoms with Crippen LogP contribution in [0.25, 0.3) is 5.70 Å². The second kappa shape index (κ2) is 14.5. The zero-order valence-corrected chi connectivity index (χ0v) is 22.0. The van der Waals surface area contributed by atoms with Crippen molar-refractivity contribution >= 4 is 34.7 Å². The van der Waals surface area contributed by atoms with E-state index in [0.717, 1.165) is 13.1 Å². The smallest absolute Gasteiger partial charge is 0.226 e. The van der Waals surface area contributed by atoms with Gasteiger partial charge in [-0.25, -0.2) is 9.37 Å². The molecule has 9 N–H and O–H groups in total. The zero-order valence-electron chi connectivity index (χ0n) is 21.3. The van der Waals surface area contributed by atoms with E-state index in [0.29, 0.717) is 42.5 Å². The Morgan fingerprint density at radius 1 is 1.21 bits per heavy atom. The Labute approximate surface area is 226 Å². The number of halogens is 2. The molecule has 1 aromatic heterocycles. The van der Waals surface area contributed by atoms with Gasteiger partial charge in [0.2, 0.25) is 11.8 Å². The minimum absolute atomic E-state index is 0.0341. The Hall–Kier alpha value is -3.38. The Morgan fingerprint density at radius 3 is 2.74 bits per heavy atom. The number of benzene rings is 1. The van der Waals surface area contributed by atoms with Gasteiger partial charge in [-0.3, -0.25) is 4.79 Å². The Balaban J connectivity index is 1.75. The summed E-state index contributed by atoms with van der Waals surface area (Å²) in [6.45, 7) is 2.42. The lowest BCUT2D eigenvalue weighted by Gasteiger charge is -2.31. The fourth-order valence-electron chi connectivity index (χ4n) is 3.72. The van der Waals surface area contributed by atoms with E-state index < -0.39 is 5.82 Å². The highest BCUT2D eigenvalue weighted by Gasteiger charge is 2.27. The lowest BCUT2D eigenvalue weighted by atomic mass is 9.83. The third-order valence-corrected chi connectivity index (χ3v) is 6.11. The van der Waals surface area contributed by atoms with Crippen LogP contribution < -0.4 is 32.7 Å². The van der Waals surface area contributed by atoms with Crippen molar-refractivity contribution in [2.45, 2.75) is 25.4 Å². The van der Waals surface area contributed by atoms with Crippen LogP contribution in [-0.2, 0) is 9.53 Å². The van der Waals surface area contributed by atoms with Crippen molar-refractivity contribution in [1.82, 2.24) is 15.6 Å². The predicted molar refractivity (Wildman–Crippen MR) is 147 cm³/mol. The molecule has 1 amide bonds. The van der Waals surface area contributed by atoms with E-state index in [-0.39, 0.29) is 47.2 Å². The summed E-state index contributed by atoms with van der Waals surface area (Å²) >= 11 is 6.03. The molecule has 0 atom stereocenters. The molecule has 1 aliphatic carbocycles. The van der Waals surface area contributed by atoms with Gasteiger partial charge in [-0.05, 0) is 56.1 Å². The molecule has 3 rings (SSSR count). The van der Waals surface area contributed by atoms with Crippen molar-refractivity contribution in [3.8, 4) is 0 Å². The van der Waals surface area contributed by atoms with E-state index in [2.05, 4.69) is 26.3 Å². The number of aliphatic hydroxyl groups excluding tert-OH is 1. The van der Waals surface area contributed by atoms with E-state index in [1.807, 2.05) is 7.05 Å². The monoisotopic (exact) mass is 547 g/mol. The zero-order chi connectivity index (χ0) is 27.5. The van der Waals surface area contributed by atoms with Crippen LogP contribution in [0.2, 0.25) is 5.02 Å². The van der Waals surface area contributed by atoms with Crippen molar-refractivity contribution < 1.29 is 19.0 Å². The molecule has 0 spiro atoms. The van der Waals surface area contributed by atoms with Crippen LogP contribution in [0.5, 0.6) is 0 Å². The van der Waals surface area contributed by atoms with Gasteiger partial charge in [-0.2, -0.15) is 0 Å². The number of hydrogen-bond acceptors (Lipinski definition) is 9.